The second-order valence-electron chi connectivity index (χ2n) is 4.15. The molecule has 1 heterocycles. The van der Waals surface area contributed by atoms with Gasteiger partial charge in [0.15, 0.2) is 5.69 Å². The van der Waals surface area contributed by atoms with E-state index in [0.717, 1.165) is 18.2 Å². The molecule has 1 aromatic carbocycles. The molecule has 0 N–H and O–H groups in total. The summed E-state index contributed by atoms with van der Waals surface area (Å²) in [5.74, 6) is -0.0104. The van der Waals surface area contributed by atoms with Crippen LogP contribution in [0.4, 0.5) is 18.9 Å². The summed E-state index contributed by atoms with van der Waals surface area (Å²) in [5, 5.41) is 14.3. The van der Waals surface area contributed by atoms with Crippen molar-refractivity contribution in [2.24, 2.45) is 0 Å². The third-order valence-corrected chi connectivity index (χ3v) is 2.73. The van der Waals surface area contributed by atoms with E-state index in [0.29, 0.717) is 0 Å². The number of hydrogen-bond donors (Lipinski definition) is 0. The van der Waals surface area contributed by atoms with Crippen LogP contribution in [0.25, 0.3) is 12.2 Å². The van der Waals surface area contributed by atoms with Crippen LogP contribution in [0.5, 0.6) is 0 Å². The minimum Gasteiger partial charge on any atom is -0.354 e. The Bertz CT molecular complexity index is 705. The van der Waals surface area contributed by atoms with E-state index in [4.69, 9.17) is 0 Å². The van der Waals surface area contributed by atoms with E-state index in [1.165, 1.54) is 25.1 Å². The lowest BCUT2D eigenvalue weighted by Gasteiger charge is -2.09. The maximum atomic E-state index is 12.8. The number of aryl methyl sites for hydroxylation is 1. The number of nitrogens with zero attached hydrogens (tertiary/aromatic N) is 2. The van der Waals surface area contributed by atoms with E-state index in [2.05, 4.69) is 9.68 Å². The minimum absolute atomic E-state index is 0.0104. The lowest BCUT2D eigenvalue weighted by Crippen LogP contribution is -2.06. The molecule has 110 valence electrons. The number of rotatable bonds is 3. The van der Waals surface area contributed by atoms with Crippen LogP contribution in [0.15, 0.2) is 28.8 Å². The van der Waals surface area contributed by atoms with Gasteiger partial charge in [-0.2, -0.15) is 13.2 Å². The first-order valence-corrected chi connectivity index (χ1v) is 5.75. The summed E-state index contributed by atoms with van der Waals surface area (Å²) in [5.41, 5.74) is -1.44. The molecule has 2 rings (SSSR count). The van der Waals surface area contributed by atoms with E-state index < -0.39 is 16.7 Å². The van der Waals surface area contributed by atoms with Crippen LogP contribution in [-0.2, 0) is 6.18 Å². The molecule has 0 fully saturated rings. The average Bonchev–Trinajstić information content (AvgIpc) is 2.77. The molecule has 0 bridgehead atoms. The Balaban J connectivity index is 2.42. The van der Waals surface area contributed by atoms with Gasteiger partial charge in [-0.15, -0.1) is 0 Å². The topological polar surface area (TPSA) is 69.2 Å². The molecule has 0 aliphatic rings. The fourth-order valence-corrected chi connectivity index (χ4v) is 1.79. The summed E-state index contributed by atoms with van der Waals surface area (Å²) in [6.45, 7) is 1.35. The molecule has 0 spiro atoms. The van der Waals surface area contributed by atoms with Gasteiger partial charge in [-0.05, 0) is 17.7 Å². The summed E-state index contributed by atoms with van der Waals surface area (Å²) < 4.78 is 43.1. The predicted octanol–water partition coefficient (Wildman–Crippen LogP) is 4.08. The number of hydrogen-bond acceptors (Lipinski definition) is 4. The van der Waals surface area contributed by atoms with Gasteiger partial charge in [0.1, 0.15) is 0 Å². The van der Waals surface area contributed by atoms with Gasteiger partial charge in [0.25, 0.3) is 0 Å². The first-order chi connectivity index (χ1) is 9.80. The molecule has 2 aromatic rings. The van der Waals surface area contributed by atoms with Crippen LogP contribution < -0.4 is 0 Å². The molecule has 5 nitrogen and oxygen atoms in total. The van der Waals surface area contributed by atoms with Crippen LogP contribution >= 0.6 is 0 Å². The highest BCUT2D eigenvalue weighted by Crippen LogP contribution is 2.33. The van der Waals surface area contributed by atoms with E-state index >= 15 is 0 Å². The van der Waals surface area contributed by atoms with Crippen LogP contribution in [0.3, 0.4) is 0 Å². The van der Waals surface area contributed by atoms with Crippen molar-refractivity contribution < 1.29 is 22.6 Å². The molecule has 0 atom stereocenters. The smallest absolute Gasteiger partial charge is 0.354 e. The number of aromatic nitrogens is 1. The van der Waals surface area contributed by atoms with Crippen molar-refractivity contribution in [1.29, 1.82) is 0 Å². The summed E-state index contributed by atoms with van der Waals surface area (Å²) in [6, 6.07) is 4.90. The SMILES string of the molecule is Cc1onc(/C=C/c2ccccc2C(F)(F)F)c1[N+](=O)[O-]. The third-order valence-electron chi connectivity index (χ3n) is 2.73. The van der Waals surface area contributed by atoms with Crippen molar-refractivity contribution in [3.8, 4) is 0 Å². The lowest BCUT2D eigenvalue weighted by molar-refractivity contribution is -0.386. The van der Waals surface area contributed by atoms with Crippen molar-refractivity contribution in [1.82, 2.24) is 5.16 Å². The molecule has 0 amide bonds. The summed E-state index contributed by atoms with van der Waals surface area (Å²) in [4.78, 5) is 10.1. The molecule has 0 aliphatic heterocycles. The molecular formula is C13H9F3N2O3. The second-order valence-corrected chi connectivity index (χ2v) is 4.15. The van der Waals surface area contributed by atoms with Crippen molar-refractivity contribution in [2.45, 2.75) is 13.1 Å². The van der Waals surface area contributed by atoms with Crippen LogP contribution in [0, 0.1) is 17.0 Å². The molecule has 0 saturated carbocycles. The Labute approximate surface area is 116 Å². The highest BCUT2D eigenvalue weighted by Gasteiger charge is 2.32. The quantitative estimate of drug-likeness (QED) is 0.632. The zero-order chi connectivity index (χ0) is 15.6. The molecule has 0 saturated heterocycles. The first-order valence-electron chi connectivity index (χ1n) is 5.75. The van der Waals surface area contributed by atoms with E-state index in [-0.39, 0.29) is 22.7 Å². The Morgan fingerprint density at radius 3 is 2.57 bits per heavy atom. The minimum atomic E-state index is -4.51. The largest absolute Gasteiger partial charge is 0.416 e. The second kappa shape index (κ2) is 5.39. The first kappa shape index (κ1) is 14.8. The van der Waals surface area contributed by atoms with Crippen molar-refractivity contribution >= 4 is 17.8 Å². The molecular weight excluding hydrogens is 289 g/mol. The van der Waals surface area contributed by atoms with Gasteiger partial charge in [-0.1, -0.05) is 29.4 Å². The summed E-state index contributed by atoms with van der Waals surface area (Å²) in [6.07, 6.45) is -2.26. The molecule has 21 heavy (non-hydrogen) atoms. The normalized spacial score (nSPS) is 12.0. The van der Waals surface area contributed by atoms with Gasteiger partial charge in [-0.3, -0.25) is 10.1 Å². The third kappa shape index (κ3) is 3.10. The maximum Gasteiger partial charge on any atom is 0.416 e. The molecule has 0 unspecified atom stereocenters. The summed E-state index contributed by atoms with van der Waals surface area (Å²) in [7, 11) is 0. The fraction of sp³-hybridized carbons (Fsp3) is 0.154. The van der Waals surface area contributed by atoms with Crippen LogP contribution in [-0.4, -0.2) is 10.1 Å². The zero-order valence-electron chi connectivity index (χ0n) is 10.7. The number of benzene rings is 1. The highest BCUT2D eigenvalue weighted by atomic mass is 19.4. The molecule has 8 heteroatoms. The van der Waals surface area contributed by atoms with E-state index in [9.17, 15) is 23.3 Å². The van der Waals surface area contributed by atoms with Crippen LogP contribution in [0.2, 0.25) is 0 Å². The van der Waals surface area contributed by atoms with Gasteiger partial charge in [-0.25, -0.2) is 0 Å². The Kier molecular flexibility index (Phi) is 3.79. The number of halogens is 3. The predicted molar refractivity (Wildman–Crippen MR) is 68.3 cm³/mol. The van der Waals surface area contributed by atoms with Crippen molar-refractivity contribution in [3.63, 3.8) is 0 Å². The molecule has 0 radical (unpaired) electrons. The Hall–Kier alpha value is -2.64. The average molecular weight is 298 g/mol. The fourth-order valence-electron chi connectivity index (χ4n) is 1.79. The van der Waals surface area contributed by atoms with Crippen molar-refractivity contribution in [2.75, 3.05) is 0 Å². The van der Waals surface area contributed by atoms with Gasteiger partial charge < -0.3 is 4.52 Å². The van der Waals surface area contributed by atoms with Gasteiger partial charge >= 0.3 is 11.9 Å². The monoisotopic (exact) mass is 298 g/mol. The highest BCUT2D eigenvalue weighted by molar-refractivity contribution is 5.73. The standard InChI is InChI=1S/C13H9F3N2O3/c1-8-12(18(19)20)11(17-21-8)7-6-9-4-2-3-5-10(9)13(14,15)16/h2-7H,1H3/b7-6+. The van der Waals surface area contributed by atoms with E-state index in [1.807, 2.05) is 0 Å². The zero-order valence-corrected chi connectivity index (χ0v) is 10.7. The van der Waals surface area contributed by atoms with E-state index in [1.54, 1.807) is 0 Å². The van der Waals surface area contributed by atoms with Crippen molar-refractivity contribution in [3.05, 3.63) is 57.0 Å². The Morgan fingerprint density at radius 1 is 1.29 bits per heavy atom. The van der Waals surface area contributed by atoms with Gasteiger partial charge in [0.05, 0.1) is 10.5 Å². The number of alkyl halides is 3. The maximum absolute atomic E-state index is 12.8. The molecule has 1 aromatic heterocycles. The number of nitro groups is 1. The van der Waals surface area contributed by atoms with Gasteiger partial charge in [0.2, 0.25) is 5.76 Å². The summed E-state index contributed by atoms with van der Waals surface area (Å²) >= 11 is 0. The van der Waals surface area contributed by atoms with Crippen LogP contribution in [0.1, 0.15) is 22.6 Å². The Morgan fingerprint density at radius 2 is 1.95 bits per heavy atom. The van der Waals surface area contributed by atoms with Gasteiger partial charge in [0, 0.05) is 6.92 Å². The lowest BCUT2D eigenvalue weighted by atomic mass is 10.1. The molecule has 0 aliphatic carbocycles.